The molecule has 1 saturated heterocycles. The molecule has 0 radical (unpaired) electrons. The number of carbonyl (C=O) groups excluding carboxylic acids is 5. The molecule has 17 nitrogen and oxygen atoms in total. The number of hydrogen-bond donors (Lipinski definition) is 7. The highest BCUT2D eigenvalue weighted by atomic mass is 16.7. The zero-order chi connectivity index (χ0) is 52.9. The maximum atomic E-state index is 14.8. The predicted octanol–water partition coefficient (Wildman–Crippen LogP) is 5.38. The van der Waals surface area contributed by atoms with Crippen molar-refractivity contribution in [3.63, 3.8) is 0 Å². The maximum Gasteiger partial charge on any atom is 0.481 e. The Labute approximate surface area is 434 Å². The molecule has 0 aromatic heterocycles. The number of benzene rings is 2. The summed E-state index contributed by atoms with van der Waals surface area (Å²) in [5, 5.41) is 11.7. The van der Waals surface area contributed by atoms with Gasteiger partial charge in [-0.3, -0.25) is 24.0 Å². The summed E-state index contributed by atoms with van der Waals surface area (Å²) in [5.41, 5.74) is 19.7. The third-order valence-corrected chi connectivity index (χ3v) is 16.1. The van der Waals surface area contributed by atoms with E-state index in [4.69, 9.17) is 36.0 Å². The molecule has 5 aliphatic rings. The normalized spacial score (nSPS) is 24.9. The SMILES string of the molecule is CCCCCCCCCCCCCC(=O)NC(CCN)C(=O)N(C)C1C(=O)NC(C)C(=O)NC(C(=O)NC(C)B2OC3CC4CC(C4(C)C)C3(C)O2)Cc2ccc(OCCN)c(c2)-c2cc1ccc2OCCN. The van der Waals surface area contributed by atoms with E-state index in [0.717, 1.165) is 32.1 Å². The van der Waals surface area contributed by atoms with E-state index in [1.54, 1.807) is 24.3 Å². The first-order chi connectivity index (χ1) is 35.0. The number of rotatable bonds is 26. The fourth-order valence-corrected chi connectivity index (χ4v) is 11.6. The van der Waals surface area contributed by atoms with E-state index in [1.165, 1.54) is 63.8 Å². The van der Waals surface area contributed by atoms with Gasteiger partial charge in [-0.1, -0.05) is 97.1 Å². The van der Waals surface area contributed by atoms with Gasteiger partial charge in [0.25, 0.3) is 0 Å². The lowest BCUT2D eigenvalue weighted by Crippen LogP contribution is -2.65. The van der Waals surface area contributed by atoms with Crippen LogP contribution in [0.2, 0.25) is 0 Å². The van der Waals surface area contributed by atoms with E-state index in [9.17, 15) is 24.0 Å². The first-order valence-corrected chi connectivity index (χ1v) is 27.4. The van der Waals surface area contributed by atoms with Crippen LogP contribution in [0, 0.1) is 17.3 Å². The van der Waals surface area contributed by atoms with Gasteiger partial charge in [-0.15, -0.1) is 0 Å². The van der Waals surface area contributed by atoms with Gasteiger partial charge < -0.3 is 62.2 Å². The summed E-state index contributed by atoms with van der Waals surface area (Å²) in [7, 11) is 0.794. The predicted molar refractivity (Wildman–Crippen MR) is 284 cm³/mol. The molecule has 9 atom stereocenters. The van der Waals surface area contributed by atoms with Gasteiger partial charge in [0.2, 0.25) is 29.5 Å². The van der Waals surface area contributed by atoms with E-state index in [0.29, 0.717) is 52.0 Å². The number of ether oxygens (including phenoxy) is 2. The van der Waals surface area contributed by atoms with Crippen LogP contribution in [-0.2, 0) is 39.7 Å². The molecule has 0 spiro atoms. The molecule has 5 amide bonds. The monoisotopic (exact) mass is 1010 g/mol. The number of nitrogens with two attached hydrogens (primary N) is 3. The molecule has 2 aromatic rings. The van der Waals surface area contributed by atoms with E-state index in [1.807, 2.05) is 19.1 Å². The van der Waals surface area contributed by atoms with Crippen LogP contribution in [0.3, 0.4) is 0 Å². The van der Waals surface area contributed by atoms with E-state index in [2.05, 4.69) is 49.0 Å². The number of amides is 5. The molecule has 7 rings (SSSR count). The minimum Gasteiger partial charge on any atom is -0.492 e. The first kappa shape index (κ1) is 57.5. The summed E-state index contributed by atoms with van der Waals surface area (Å²) in [6, 6.07) is 6.00. The van der Waals surface area contributed by atoms with Crippen molar-refractivity contribution in [1.82, 2.24) is 26.2 Å². The van der Waals surface area contributed by atoms with Crippen molar-refractivity contribution in [3.05, 3.63) is 47.5 Å². The third kappa shape index (κ3) is 14.2. The zero-order valence-electron chi connectivity index (χ0n) is 44.9. The van der Waals surface area contributed by atoms with Crippen LogP contribution in [0.1, 0.15) is 155 Å². The van der Waals surface area contributed by atoms with Gasteiger partial charge in [0.05, 0.1) is 17.6 Å². The number of carbonyl (C=O) groups is 5. The summed E-state index contributed by atoms with van der Waals surface area (Å²) in [4.78, 5) is 72.8. The fraction of sp³-hybridized carbons (Fsp3) is 0.691. The number of nitrogens with one attached hydrogen (secondary N) is 4. The number of hydrogen-bond acceptors (Lipinski definition) is 12. The van der Waals surface area contributed by atoms with Crippen molar-refractivity contribution in [2.45, 2.75) is 186 Å². The highest BCUT2D eigenvalue weighted by Crippen LogP contribution is 2.65. The average molecular weight is 1020 g/mol. The molecule has 2 heterocycles. The summed E-state index contributed by atoms with van der Waals surface area (Å²) in [6.07, 6.45) is 15.0. The molecular weight excluding hydrogens is 927 g/mol. The van der Waals surface area contributed by atoms with E-state index < -0.39 is 66.5 Å². The molecule has 404 valence electrons. The lowest BCUT2D eigenvalue weighted by atomic mass is 9.43. The van der Waals surface area contributed by atoms with Crippen molar-refractivity contribution in [3.8, 4) is 22.6 Å². The molecule has 3 saturated carbocycles. The highest BCUT2D eigenvalue weighted by molar-refractivity contribution is 6.47. The van der Waals surface area contributed by atoms with Crippen LogP contribution >= 0.6 is 0 Å². The molecule has 6 bridgehead atoms. The van der Waals surface area contributed by atoms with Crippen molar-refractivity contribution in [2.75, 3.05) is 39.9 Å². The Hall–Kier alpha value is -4.75. The number of unbranched alkanes of at least 4 members (excludes halogenated alkanes) is 10. The number of nitrogens with zero attached hydrogens (tertiary/aromatic N) is 1. The Kier molecular flexibility index (Phi) is 21.0. The van der Waals surface area contributed by atoms with Gasteiger partial charge in [0, 0.05) is 44.1 Å². The summed E-state index contributed by atoms with van der Waals surface area (Å²) >= 11 is 0. The molecule has 2 aliphatic heterocycles. The molecule has 10 N–H and O–H groups in total. The third-order valence-electron chi connectivity index (χ3n) is 16.1. The van der Waals surface area contributed by atoms with Crippen LogP contribution in [0.25, 0.3) is 11.1 Å². The minimum absolute atomic E-state index is 0.0614. The molecule has 3 aliphatic carbocycles. The Bertz CT molecular complexity index is 2200. The van der Waals surface area contributed by atoms with Gasteiger partial charge in [-0.25, -0.2) is 0 Å². The van der Waals surface area contributed by atoms with Gasteiger partial charge >= 0.3 is 7.12 Å². The topological polar surface area (TPSA) is 252 Å². The lowest BCUT2D eigenvalue weighted by Gasteiger charge is -2.64. The summed E-state index contributed by atoms with van der Waals surface area (Å²) in [5.74, 6) is -1.38. The van der Waals surface area contributed by atoms with Gasteiger partial charge in [-0.2, -0.15) is 0 Å². The summed E-state index contributed by atoms with van der Waals surface area (Å²) < 4.78 is 25.6. The maximum absolute atomic E-state index is 14.8. The second kappa shape index (κ2) is 26.6. The van der Waals surface area contributed by atoms with Crippen LogP contribution in [0.15, 0.2) is 36.4 Å². The Morgan fingerprint density at radius 1 is 0.822 bits per heavy atom. The van der Waals surface area contributed by atoms with Crippen molar-refractivity contribution in [2.24, 2.45) is 34.5 Å². The smallest absolute Gasteiger partial charge is 0.481 e. The quantitative estimate of drug-likeness (QED) is 0.0464. The largest absolute Gasteiger partial charge is 0.492 e. The average Bonchev–Trinajstić information content (AvgIpc) is 3.74. The van der Waals surface area contributed by atoms with Crippen molar-refractivity contribution in [1.29, 1.82) is 0 Å². The first-order valence-electron chi connectivity index (χ1n) is 27.4. The molecular formula is C55H87BN8O9. The van der Waals surface area contributed by atoms with E-state index >= 15 is 0 Å². The Morgan fingerprint density at radius 2 is 1.44 bits per heavy atom. The molecule has 18 heteroatoms. The second-order valence-electron chi connectivity index (χ2n) is 21.8. The minimum atomic E-state index is -1.32. The van der Waals surface area contributed by atoms with Crippen LogP contribution < -0.4 is 47.9 Å². The lowest BCUT2D eigenvalue weighted by molar-refractivity contribution is -0.199. The number of likely N-dealkylation sites (N-methyl/N-ethyl adjacent to an activating group) is 1. The summed E-state index contributed by atoms with van der Waals surface area (Å²) in [6.45, 7) is 13.2. The second-order valence-corrected chi connectivity index (χ2v) is 21.8. The van der Waals surface area contributed by atoms with Crippen LogP contribution in [0.4, 0.5) is 0 Å². The number of fused-ring (bicyclic) bond motifs is 5. The van der Waals surface area contributed by atoms with Crippen LogP contribution in [-0.4, -0.2) is 117 Å². The van der Waals surface area contributed by atoms with Gasteiger partial charge in [0.1, 0.15) is 48.9 Å². The van der Waals surface area contributed by atoms with Crippen molar-refractivity contribution >= 4 is 36.7 Å². The highest BCUT2D eigenvalue weighted by Gasteiger charge is 2.68. The Balaban J connectivity index is 1.25. The van der Waals surface area contributed by atoms with Gasteiger partial charge in [-0.05, 0) is 106 Å². The zero-order valence-corrected chi connectivity index (χ0v) is 44.9. The van der Waals surface area contributed by atoms with Crippen LogP contribution in [0.5, 0.6) is 11.5 Å². The fourth-order valence-electron chi connectivity index (χ4n) is 11.6. The van der Waals surface area contributed by atoms with Crippen molar-refractivity contribution < 1.29 is 42.8 Å². The van der Waals surface area contributed by atoms with Gasteiger partial charge in [0.15, 0.2) is 0 Å². The molecule has 9 unspecified atom stereocenters. The molecule has 73 heavy (non-hydrogen) atoms. The molecule has 4 fully saturated rings. The molecule has 2 aromatic carbocycles. The Morgan fingerprint density at radius 3 is 2.05 bits per heavy atom. The standard InChI is InChI=1S/C55H87BN8O9/c1-8-9-10-11-12-13-14-15-16-17-18-19-48(65)62-42(24-25-57)53(69)64(7)49-38-21-23-45(71-29-27-59)41(32-38)40-30-37(20-22-44(40)70-28-26-58)31-43(63-50(66)35(2)60-52(49)68)51(67)61-36(3)56-72-47-34-39-33-46(54(39,4)5)55(47,6)73-56/h20-23,30,32,35-36,39,42-43,46-47,49H,8-19,24-29,31,33-34,57-59H2,1-7H3,(H,60,68)(H,61,67)(H,62,65)(H,63,66). The van der Waals surface area contributed by atoms with E-state index in [-0.39, 0.29) is 69.5 Å².